The number of carbonyl (C=O) groups is 2. The zero-order valence-electron chi connectivity index (χ0n) is 16.9. The number of hydrogen-bond donors (Lipinski definition) is 2. The summed E-state index contributed by atoms with van der Waals surface area (Å²) in [6, 6.07) is 22.0. The third-order valence-corrected chi connectivity index (χ3v) is 6.21. The van der Waals surface area contributed by atoms with Crippen LogP contribution in [0.2, 0.25) is 10.0 Å². The van der Waals surface area contributed by atoms with Crippen LogP contribution in [0.1, 0.15) is 30.6 Å². The summed E-state index contributed by atoms with van der Waals surface area (Å²) in [5, 5.41) is 6.16. The first-order valence-electron chi connectivity index (χ1n) is 9.83. The lowest BCUT2D eigenvalue weighted by molar-refractivity contribution is -0.116. The maximum atomic E-state index is 13.2. The first-order valence-corrected chi connectivity index (χ1v) is 11.5. The number of amides is 2. The summed E-state index contributed by atoms with van der Waals surface area (Å²) in [6.45, 7) is 1.96. The lowest BCUT2D eigenvalue weighted by Crippen LogP contribution is -2.19. The van der Waals surface area contributed by atoms with E-state index in [-0.39, 0.29) is 11.8 Å². The molecule has 3 aromatic rings. The average Bonchev–Trinajstić information content (AvgIpc) is 2.76. The van der Waals surface area contributed by atoms with Gasteiger partial charge >= 0.3 is 0 Å². The average molecular weight is 473 g/mol. The fourth-order valence-electron chi connectivity index (χ4n) is 2.89. The van der Waals surface area contributed by atoms with E-state index in [1.807, 2.05) is 61.5 Å². The van der Waals surface area contributed by atoms with Crippen molar-refractivity contribution in [1.29, 1.82) is 0 Å². The smallest absolute Gasteiger partial charge is 0.242 e. The topological polar surface area (TPSA) is 58.2 Å². The van der Waals surface area contributed by atoms with E-state index < -0.39 is 5.25 Å². The van der Waals surface area contributed by atoms with E-state index in [0.29, 0.717) is 22.2 Å². The molecule has 0 aliphatic rings. The van der Waals surface area contributed by atoms with Gasteiger partial charge in [-0.1, -0.05) is 60.5 Å². The zero-order chi connectivity index (χ0) is 22.2. The van der Waals surface area contributed by atoms with Gasteiger partial charge in [0.1, 0.15) is 5.25 Å². The Morgan fingerprint density at radius 3 is 2.29 bits per heavy atom. The molecule has 0 fully saturated rings. The van der Waals surface area contributed by atoms with Crippen LogP contribution in [-0.4, -0.2) is 11.8 Å². The van der Waals surface area contributed by atoms with Crippen LogP contribution in [0, 0.1) is 0 Å². The molecule has 2 N–H and O–H groups in total. The molecule has 0 aromatic heterocycles. The number of benzene rings is 3. The van der Waals surface area contributed by atoms with E-state index >= 15 is 0 Å². The molecule has 1 unspecified atom stereocenters. The van der Waals surface area contributed by atoms with Gasteiger partial charge in [-0.05, 0) is 54.4 Å². The summed E-state index contributed by atoms with van der Waals surface area (Å²) in [5.74, 6) is -0.204. The van der Waals surface area contributed by atoms with Crippen LogP contribution in [0.15, 0.2) is 77.7 Å². The van der Waals surface area contributed by atoms with Crippen molar-refractivity contribution in [1.82, 2.24) is 0 Å². The number of thioether (sulfide) groups is 1. The van der Waals surface area contributed by atoms with Gasteiger partial charge in [0.25, 0.3) is 0 Å². The normalized spacial score (nSPS) is 11.6. The monoisotopic (exact) mass is 472 g/mol. The molecule has 160 valence electrons. The van der Waals surface area contributed by atoms with Gasteiger partial charge in [-0.25, -0.2) is 0 Å². The van der Waals surface area contributed by atoms with Crippen molar-refractivity contribution in [3.8, 4) is 0 Å². The summed E-state index contributed by atoms with van der Waals surface area (Å²) >= 11 is 13.6. The number of nitrogens with one attached hydrogen (secondary N) is 2. The maximum absolute atomic E-state index is 13.2. The summed E-state index contributed by atoms with van der Waals surface area (Å²) in [6.07, 6.45) is 1.28. The highest BCUT2D eigenvalue weighted by atomic mass is 35.5. The molecule has 4 nitrogen and oxygen atoms in total. The van der Waals surface area contributed by atoms with E-state index in [0.717, 1.165) is 22.6 Å². The second-order valence-corrected chi connectivity index (χ2v) is 8.87. The molecule has 2 amide bonds. The van der Waals surface area contributed by atoms with Gasteiger partial charge < -0.3 is 10.6 Å². The minimum Gasteiger partial charge on any atom is -0.326 e. The number of halogens is 2. The molecular weight excluding hydrogens is 451 g/mol. The lowest BCUT2D eigenvalue weighted by atomic mass is 10.1. The van der Waals surface area contributed by atoms with Crippen molar-refractivity contribution < 1.29 is 9.59 Å². The summed E-state index contributed by atoms with van der Waals surface area (Å²) in [7, 11) is 0. The molecule has 0 aliphatic heterocycles. The number of hydrogen-bond acceptors (Lipinski definition) is 3. The Labute approximate surface area is 196 Å². The van der Waals surface area contributed by atoms with E-state index in [2.05, 4.69) is 10.6 Å². The molecule has 1 atom stereocenters. The van der Waals surface area contributed by atoms with Crippen LogP contribution in [-0.2, 0) is 9.59 Å². The van der Waals surface area contributed by atoms with E-state index in [1.54, 1.807) is 18.2 Å². The standard InChI is InChI=1S/C24H22Cl2N2O2S/c1-2-6-22(29)27-18-10-12-19(13-11-18)31-23(16-7-4-3-5-8-16)24(30)28-21-14-9-17(25)15-20(21)26/h3-5,7-15,23H,2,6H2,1H3,(H,27,29)(H,28,30). The van der Waals surface area contributed by atoms with Crippen LogP contribution in [0.25, 0.3) is 0 Å². The van der Waals surface area contributed by atoms with Crippen LogP contribution in [0.4, 0.5) is 11.4 Å². The number of rotatable bonds is 8. The van der Waals surface area contributed by atoms with Crippen molar-refractivity contribution in [3.05, 3.63) is 88.4 Å². The largest absolute Gasteiger partial charge is 0.326 e. The van der Waals surface area contributed by atoms with E-state index in [9.17, 15) is 9.59 Å². The SMILES string of the molecule is CCCC(=O)Nc1ccc(SC(C(=O)Nc2ccc(Cl)cc2Cl)c2ccccc2)cc1. The number of anilines is 2. The molecule has 0 heterocycles. The highest BCUT2D eigenvalue weighted by Crippen LogP contribution is 2.37. The molecule has 0 radical (unpaired) electrons. The van der Waals surface area contributed by atoms with E-state index in [4.69, 9.17) is 23.2 Å². The van der Waals surface area contributed by atoms with Crippen LogP contribution < -0.4 is 10.6 Å². The van der Waals surface area contributed by atoms with Gasteiger partial charge in [-0.2, -0.15) is 0 Å². The fourth-order valence-corrected chi connectivity index (χ4v) is 4.37. The van der Waals surface area contributed by atoms with E-state index in [1.165, 1.54) is 11.8 Å². The first kappa shape index (κ1) is 23.2. The van der Waals surface area contributed by atoms with Gasteiger partial charge in [0, 0.05) is 22.0 Å². The van der Waals surface area contributed by atoms with Crippen molar-refractivity contribution in [2.24, 2.45) is 0 Å². The molecule has 7 heteroatoms. The van der Waals surface area contributed by atoms with Gasteiger partial charge in [-0.3, -0.25) is 9.59 Å². The summed E-state index contributed by atoms with van der Waals surface area (Å²) in [4.78, 5) is 25.8. The van der Waals surface area contributed by atoms with Gasteiger partial charge in [0.05, 0.1) is 10.7 Å². The quantitative estimate of drug-likeness (QED) is 0.340. The Balaban J connectivity index is 1.78. The molecule has 0 spiro atoms. The predicted octanol–water partition coefficient (Wildman–Crippen LogP) is 7.20. The minimum absolute atomic E-state index is 0.00992. The molecule has 3 aromatic carbocycles. The van der Waals surface area contributed by atoms with Crippen molar-refractivity contribution in [2.75, 3.05) is 10.6 Å². The summed E-state index contributed by atoms with van der Waals surface area (Å²) in [5.41, 5.74) is 2.11. The zero-order valence-corrected chi connectivity index (χ0v) is 19.2. The van der Waals surface area contributed by atoms with Crippen LogP contribution >= 0.6 is 35.0 Å². The third kappa shape index (κ3) is 6.76. The molecule has 0 saturated carbocycles. The Kier molecular flexibility index (Phi) is 8.41. The second kappa shape index (κ2) is 11.2. The molecule has 0 bridgehead atoms. The third-order valence-electron chi connectivity index (χ3n) is 4.40. The first-order chi connectivity index (χ1) is 15.0. The van der Waals surface area contributed by atoms with Crippen molar-refractivity contribution in [3.63, 3.8) is 0 Å². The van der Waals surface area contributed by atoms with Gasteiger partial charge in [-0.15, -0.1) is 11.8 Å². The summed E-state index contributed by atoms with van der Waals surface area (Å²) < 4.78 is 0. The Bertz CT molecular complexity index is 1040. The minimum atomic E-state index is -0.492. The molecule has 31 heavy (non-hydrogen) atoms. The lowest BCUT2D eigenvalue weighted by Gasteiger charge is -2.18. The highest BCUT2D eigenvalue weighted by molar-refractivity contribution is 8.00. The Hall–Kier alpha value is -2.47. The second-order valence-electron chi connectivity index (χ2n) is 6.84. The number of carbonyl (C=O) groups excluding carboxylic acids is 2. The predicted molar refractivity (Wildman–Crippen MR) is 130 cm³/mol. The van der Waals surface area contributed by atoms with Gasteiger partial charge in [0.15, 0.2) is 0 Å². The highest BCUT2D eigenvalue weighted by Gasteiger charge is 2.23. The van der Waals surface area contributed by atoms with Crippen LogP contribution in [0.3, 0.4) is 0 Å². The molecule has 3 rings (SSSR count). The molecular formula is C24H22Cl2N2O2S. The van der Waals surface area contributed by atoms with Crippen LogP contribution in [0.5, 0.6) is 0 Å². The Morgan fingerprint density at radius 1 is 0.935 bits per heavy atom. The fraction of sp³-hybridized carbons (Fsp3) is 0.167. The Morgan fingerprint density at radius 2 is 1.65 bits per heavy atom. The maximum Gasteiger partial charge on any atom is 0.242 e. The van der Waals surface area contributed by atoms with Gasteiger partial charge in [0.2, 0.25) is 11.8 Å². The molecule has 0 saturated heterocycles. The van der Waals surface area contributed by atoms with Crippen molar-refractivity contribution >= 4 is 58.2 Å². The molecule has 0 aliphatic carbocycles. The van der Waals surface area contributed by atoms with Crippen molar-refractivity contribution in [2.45, 2.75) is 29.9 Å².